The third kappa shape index (κ3) is 2.04. The number of imidazole rings is 1. The fourth-order valence-electron chi connectivity index (χ4n) is 2.34. The monoisotopic (exact) mass is 245 g/mol. The van der Waals surface area contributed by atoms with Crippen molar-refractivity contribution in [1.82, 2.24) is 15.3 Å². The van der Waals surface area contributed by atoms with Crippen molar-refractivity contribution in [2.75, 3.05) is 6.54 Å². The van der Waals surface area contributed by atoms with Crippen molar-refractivity contribution in [3.63, 3.8) is 0 Å². The van der Waals surface area contributed by atoms with Crippen LogP contribution in [0.2, 0.25) is 0 Å². The van der Waals surface area contributed by atoms with E-state index in [9.17, 15) is 4.39 Å². The van der Waals surface area contributed by atoms with Gasteiger partial charge in [0.25, 0.3) is 0 Å². The van der Waals surface area contributed by atoms with Gasteiger partial charge < -0.3 is 10.3 Å². The second kappa shape index (κ2) is 4.53. The number of aromatic amines is 1. The fourth-order valence-corrected chi connectivity index (χ4v) is 2.34. The van der Waals surface area contributed by atoms with E-state index in [0.717, 1.165) is 30.0 Å². The number of H-pyrrole nitrogens is 1. The molecule has 1 atom stereocenters. The maximum atomic E-state index is 13.5. The maximum absolute atomic E-state index is 13.5. The summed E-state index contributed by atoms with van der Waals surface area (Å²) in [5.74, 6) is 0.770. The van der Waals surface area contributed by atoms with E-state index in [1.54, 1.807) is 25.3 Å². The molecule has 0 spiro atoms. The van der Waals surface area contributed by atoms with Crippen LogP contribution < -0.4 is 5.32 Å². The van der Waals surface area contributed by atoms with Crippen LogP contribution in [0.1, 0.15) is 30.3 Å². The van der Waals surface area contributed by atoms with Crippen LogP contribution in [-0.2, 0) is 0 Å². The third-order valence-corrected chi connectivity index (χ3v) is 3.47. The number of hydrogen-bond donors (Lipinski definition) is 2. The zero-order chi connectivity index (χ0) is 12.5. The minimum atomic E-state index is -0.178. The second-order valence-corrected chi connectivity index (χ2v) is 4.80. The highest BCUT2D eigenvalue weighted by Crippen LogP contribution is 2.24. The molecular weight excluding hydrogens is 229 g/mol. The van der Waals surface area contributed by atoms with Crippen LogP contribution in [0.5, 0.6) is 0 Å². The summed E-state index contributed by atoms with van der Waals surface area (Å²) in [4.78, 5) is 7.66. The summed E-state index contributed by atoms with van der Waals surface area (Å²) in [5.41, 5.74) is 2.38. The molecule has 1 saturated heterocycles. The van der Waals surface area contributed by atoms with Crippen molar-refractivity contribution in [1.29, 1.82) is 0 Å². The van der Waals surface area contributed by atoms with Gasteiger partial charge in [-0.25, -0.2) is 9.37 Å². The minimum Gasteiger partial charge on any atom is -0.341 e. The molecule has 94 valence electrons. The lowest BCUT2D eigenvalue weighted by molar-refractivity contribution is 0.612. The first-order valence-corrected chi connectivity index (χ1v) is 6.29. The number of benzene rings is 1. The number of halogens is 1. The van der Waals surface area contributed by atoms with Gasteiger partial charge in [0.2, 0.25) is 0 Å². The van der Waals surface area contributed by atoms with Gasteiger partial charge in [0.05, 0.1) is 17.9 Å². The molecule has 0 radical (unpaired) electrons. The molecule has 3 nitrogen and oxygen atoms in total. The first-order chi connectivity index (χ1) is 8.74. The Morgan fingerprint density at radius 1 is 1.39 bits per heavy atom. The first-order valence-electron chi connectivity index (χ1n) is 6.29. The number of nitrogens with zero attached hydrogens (tertiary/aromatic N) is 1. The predicted octanol–water partition coefficient (Wildman–Crippen LogP) is 2.95. The van der Waals surface area contributed by atoms with E-state index in [-0.39, 0.29) is 5.82 Å². The Hall–Kier alpha value is -1.68. The van der Waals surface area contributed by atoms with Crippen LogP contribution in [0.4, 0.5) is 4.39 Å². The van der Waals surface area contributed by atoms with Gasteiger partial charge in [-0.3, -0.25) is 0 Å². The molecule has 3 rings (SSSR count). The maximum Gasteiger partial charge on any atom is 0.126 e. The average molecular weight is 245 g/mol. The quantitative estimate of drug-likeness (QED) is 0.854. The lowest BCUT2D eigenvalue weighted by Gasteiger charge is -2.05. The standard InChI is InChI=1S/C14H16FN3/c1-9-4-5-10(7-11(9)15)13-8-17-14(18-13)12-3-2-6-16-12/h4-5,7-8,12,16H,2-3,6H2,1H3,(H,17,18)/t12-/m0/s1. The van der Waals surface area contributed by atoms with Crippen molar-refractivity contribution in [2.24, 2.45) is 0 Å². The molecule has 0 aliphatic carbocycles. The molecule has 1 aromatic heterocycles. The Labute approximate surface area is 105 Å². The lowest BCUT2D eigenvalue weighted by Crippen LogP contribution is -2.14. The normalized spacial score (nSPS) is 19.3. The van der Waals surface area contributed by atoms with Gasteiger partial charge in [0.15, 0.2) is 0 Å². The summed E-state index contributed by atoms with van der Waals surface area (Å²) >= 11 is 0. The van der Waals surface area contributed by atoms with Crippen LogP contribution in [0.3, 0.4) is 0 Å². The van der Waals surface area contributed by atoms with Crippen molar-refractivity contribution in [2.45, 2.75) is 25.8 Å². The molecule has 0 saturated carbocycles. The van der Waals surface area contributed by atoms with Gasteiger partial charge in [-0.1, -0.05) is 12.1 Å². The second-order valence-electron chi connectivity index (χ2n) is 4.80. The molecule has 2 N–H and O–H groups in total. The summed E-state index contributed by atoms with van der Waals surface area (Å²) in [7, 11) is 0. The van der Waals surface area contributed by atoms with Crippen LogP contribution >= 0.6 is 0 Å². The van der Waals surface area contributed by atoms with Gasteiger partial charge in [-0.15, -0.1) is 0 Å². The highest BCUT2D eigenvalue weighted by molar-refractivity contribution is 5.59. The minimum absolute atomic E-state index is 0.178. The first kappa shape index (κ1) is 11.4. The molecule has 1 aliphatic heterocycles. The van der Waals surface area contributed by atoms with Gasteiger partial charge >= 0.3 is 0 Å². The zero-order valence-corrected chi connectivity index (χ0v) is 10.3. The number of aryl methyl sites for hydroxylation is 1. The smallest absolute Gasteiger partial charge is 0.126 e. The van der Waals surface area contributed by atoms with Crippen molar-refractivity contribution in [3.8, 4) is 11.3 Å². The van der Waals surface area contributed by atoms with Crippen LogP contribution in [0, 0.1) is 12.7 Å². The summed E-state index contributed by atoms with van der Waals surface area (Å²) in [6, 6.07) is 5.57. The van der Waals surface area contributed by atoms with Crippen molar-refractivity contribution >= 4 is 0 Å². The summed E-state index contributed by atoms with van der Waals surface area (Å²) in [6.07, 6.45) is 4.06. The van der Waals surface area contributed by atoms with Gasteiger partial charge in [-0.05, 0) is 37.9 Å². The molecule has 1 aromatic carbocycles. The Bertz CT molecular complexity index is 556. The topological polar surface area (TPSA) is 40.7 Å². The van der Waals surface area contributed by atoms with E-state index < -0.39 is 0 Å². The van der Waals surface area contributed by atoms with E-state index >= 15 is 0 Å². The Morgan fingerprint density at radius 2 is 2.28 bits per heavy atom. The predicted molar refractivity (Wildman–Crippen MR) is 68.7 cm³/mol. The molecule has 18 heavy (non-hydrogen) atoms. The van der Waals surface area contributed by atoms with Crippen molar-refractivity contribution in [3.05, 3.63) is 41.6 Å². The summed E-state index contributed by atoms with van der Waals surface area (Å²) in [6.45, 7) is 2.81. The molecular formula is C14H16FN3. The Kier molecular flexibility index (Phi) is 2.88. The van der Waals surface area contributed by atoms with Crippen LogP contribution in [0.15, 0.2) is 24.4 Å². The van der Waals surface area contributed by atoms with E-state index in [2.05, 4.69) is 15.3 Å². The van der Waals surface area contributed by atoms with Gasteiger partial charge in [-0.2, -0.15) is 0 Å². The number of rotatable bonds is 2. The number of hydrogen-bond acceptors (Lipinski definition) is 2. The highest BCUT2D eigenvalue weighted by atomic mass is 19.1. The molecule has 0 bridgehead atoms. The third-order valence-electron chi connectivity index (χ3n) is 3.47. The van der Waals surface area contributed by atoms with E-state index in [1.807, 2.05) is 6.07 Å². The Balaban J connectivity index is 1.89. The highest BCUT2D eigenvalue weighted by Gasteiger charge is 2.19. The number of aromatic nitrogens is 2. The van der Waals surface area contributed by atoms with Gasteiger partial charge in [0, 0.05) is 5.56 Å². The zero-order valence-electron chi connectivity index (χ0n) is 10.3. The molecule has 1 fully saturated rings. The molecule has 2 heterocycles. The van der Waals surface area contributed by atoms with E-state index in [1.165, 1.54) is 6.42 Å². The van der Waals surface area contributed by atoms with Gasteiger partial charge in [0.1, 0.15) is 11.6 Å². The fraction of sp³-hybridized carbons (Fsp3) is 0.357. The molecule has 0 unspecified atom stereocenters. The molecule has 1 aliphatic rings. The number of nitrogens with one attached hydrogen (secondary N) is 2. The average Bonchev–Trinajstić information content (AvgIpc) is 3.01. The molecule has 0 amide bonds. The lowest BCUT2D eigenvalue weighted by atomic mass is 10.1. The Morgan fingerprint density at radius 3 is 3.00 bits per heavy atom. The molecule has 2 aromatic rings. The summed E-state index contributed by atoms with van der Waals surface area (Å²) in [5, 5.41) is 3.39. The van der Waals surface area contributed by atoms with Crippen molar-refractivity contribution < 1.29 is 4.39 Å². The SMILES string of the molecule is Cc1ccc(-c2cnc([C@@H]3CCCN3)[nH]2)cc1F. The van der Waals surface area contributed by atoms with Crippen LogP contribution in [0.25, 0.3) is 11.3 Å². The van der Waals surface area contributed by atoms with Crippen LogP contribution in [-0.4, -0.2) is 16.5 Å². The largest absolute Gasteiger partial charge is 0.341 e. The van der Waals surface area contributed by atoms with E-state index in [4.69, 9.17) is 0 Å². The summed E-state index contributed by atoms with van der Waals surface area (Å²) < 4.78 is 13.5. The molecule has 4 heteroatoms. The van der Waals surface area contributed by atoms with E-state index in [0.29, 0.717) is 11.6 Å².